The van der Waals surface area contributed by atoms with Crippen molar-refractivity contribution in [1.29, 1.82) is 0 Å². The van der Waals surface area contributed by atoms with Crippen molar-refractivity contribution in [1.82, 2.24) is 15.1 Å². The quantitative estimate of drug-likeness (QED) is 0.874. The molecular weight excluding hydrogens is 222 g/mol. The molecule has 1 aromatic carbocycles. The molecule has 2 aromatic rings. The number of nitrogens with zero attached hydrogens (tertiary/aromatic N) is 2. The third-order valence-corrected chi connectivity index (χ3v) is 3.16. The van der Waals surface area contributed by atoms with E-state index in [1.54, 1.807) is 0 Å². The van der Waals surface area contributed by atoms with E-state index >= 15 is 0 Å². The summed E-state index contributed by atoms with van der Waals surface area (Å²) in [4.78, 5) is 0. The van der Waals surface area contributed by atoms with Gasteiger partial charge in [0.25, 0.3) is 0 Å². The predicted octanol–water partition coefficient (Wildman–Crippen LogP) is 3.06. The monoisotopic (exact) mass is 243 g/mol. The highest BCUT2D eigenvalue weighted by Crippen LogP contribution is 2.11. The van der Waals surface area contributed by atoms with Crippen molar-refractivity contribution in [2.24, 2.45) is 0 Å². The standard InChI is InChI=1S/C15H21N3/c1-4-18-10-9-15(17-18)13(3)16-11-14-7-5-12(2)6-8-14/h5-10,13,16H,4,11H2,1-3H3. The lowest BCUT2D eigenvalue weighted by molar-refractivity contribution is 0.542. The van der Waals surface area contributed by atoms with Gasteiger partial charge in [-0.3, -0.25) is 4.68 Å². The van der Waals surface area contributed by atoms with Gasteiger partial charge in [-0.2, -0.15) is 5.10 Å². The molecule has 1 unspecified atom stereocenters. The van der Waals surface area contributed by atoms with Crippen LogP contribution in [0.1, 0.15) is 36.7 Å². The van der Waals surface area contributed by atoms with Gasteiger partial charge in [0.2, 0.25) is 0 Å². The Morgan fingerprint density at radius 3 is 2.56 bits per heavy atom. The second kappa shape index (κ2) is 5.83. The summed E-state index contributed by atoms with van der Waals surface area (Å²) in [6.45, 7) is 8.15. The zero-order chi connectivity index (χ0) is 13.0. The molecule has 0 saturated carbocycles. The fraction of sp³-hybridized carbons (Fsp3) is 0.400. The lowest BCUT2D eigenvalue weighted by Gasteiger charge is -2.11. The molecule has 0 saturated heterocycles. The molecule has 0 amide bonds. The molecule has 0 spiro atoms. The summed E-state index contributed by atoms with van der Waals surface area (Å²) in [6, 6.07) is 11.0. The second-order valence-electron chi connectivity index (χ2n) is 4.68. The molecule has 0 aliphatic carbocycles. The van der Waals surface area contributed by atoms with Crippen molar-refractivity contribution in [2.75, 3.05) is 0 Å². The molecule has 1 N–H and O–H groups in total. The molecular formula is C15H21N3. The predicted molar refractivity (Wildman–Crippen MR) is 74.3 cm³/mol. The number of benzene rings is 1. The van der Waals surface area contributed by atoms with Gasteiger partial charge in [-0.25, -0.2) is 0 Å². The fourth-order valence-electron chi connectivity index (χ4n) is 1.87. The van der Waals surface area contributed by atoms with E-state index in [2.05, 4.69) is 61.5 Å². The van der Waals surface area contributed by atoms with Crippen molar-refractivity contribution in [3.63, 3.8) is 0 Å². The number of aromatic nitrogens is 2. The van der Waals surface area contributed by atoms with Crippen molar-refractivity contribution in [2.45, 2.75) is 39.9 Å². The van der Waals surface area contributed by atoms with Crippen LogP contribution in [0.3, 0.4) is 0 Å². The van der Waals surface area contributed by atoms with Gasteiger partial charge >= 0.3 is 0 Å². The average molecular weight is 243 g/mol. The highest BCUT2D eigenvalue weighted by molar-refractivity contribution is 5.21. The van der Waals surface area contributed by atoms with Crippen LogP contribution in [-0.2, 0) is 13.1 Å². The third-order valence-electron chi connectivity index (χ3n) is 3.16. The average Bonchev–Trinajstić information content (AvgIpc) is 2.86. The SMILES string of the molecule is CCn1ccc(C(C)NCc2ccc(C)cc2)n1. The highest BCUT2D eigenvalue weighted by Gasteiger charge is 2.07. The van der Waals surface area contributed by atoms with Gasteiger partial charge in [-0.1, -0.05) is 29.8 Å². The molecule has 3 heteroatoms. The fourth-order valence-corrected chi connectivity index (χ4v) is 1.87. The maximum Gasteiger partial charge on any atom is 0.0791 e. The van der Waals surface area contributed by atoms with Crippen molar-refractivity contribution in [3.8, 4) is 0 Å². The molecule has 0 radical (unpaired) electrons. The molecule has 1 atom stereocenters. The minimum Gasteiger partial charge on any atom is -0.305 e. The van der Waals surface area contributed by atoms with E-state index in [1.165, 1.54) is 11.1 Å². The van der Waals surface area contributed by atoms with Crippen molar-refractivity contribution < 1.29 is 0 Å². The summed E-state index contributed by atoms with van der Waals surface area (Å²) in [5, 5.41) is 8.01. The van der Waals surface area contributed by atoms with E-state index in [0.29, 0.717) is 0 Å². The Morgan fingerprint density at radius 1 is 1.22 bits per heavy atom. The Balaban J connectivity index is 1.91. The molecule has 0 aliphatic heterocycles. The minimum absolute atomic E-state index is 0.277. The van der Waals surface area contributed by atoms with Crippen LogP contribution in [-0.4, -0.2) is 9.78 Å². The number of hydrogen-bond donors (Lipinski definition) is 1. The minimum atomic E-state index is 0.277. The van der Waals surface area contributed by atoms with E-state index in [4.69, 9.17) is 0 Å². The lowest BCUT2D eigenvalue weighted by Crippen LogP contribution is -2.18. The zero-order valence-corrected chi connectivity index (χ0v) is 11.4. The van der Waals surface area contributed by atoms with Crippen LogP contribution in [0.25, 0.3) is 0 Å². The normalized spacial score (nSPS) is 12.6. The maximum absolute atomic E-state index is 4.51. The van der Waals surface area contributed by atoms with Gasteiger partial charge in [0.1, 0.15) is 0 Å². The topological polar surface area (TPSA) is 29.9 Å². The number of rotatable bonds is 5. The summed E-state index contributed by atoms with van der Waals surface area (Å²) < 4.78 is 1.96. The lowest BCUT2D eigenvalue weighted by atomic mass is 10.1. The van der Waals surface area contributed by atoms with E-state index in [9.17, 15) is 0 Å². The van der Waals surface area contributed by atoms with Crippen LogP contribution in [0.5, 0.6) is 0 Å². The van der Waals surface area contributed by atoms with E-state index in [0.717, 1.165) is 18.8 Å². The Kier molecular flexibility index (Phi) is 4.15. The van der Waals surface area contributed by atoms with Crippen LogP contribution >= 0.6 is 0 Å². The van der Waals surface area contributed by atoms with Crippen molar-refractivity contribution >= 4 is 0 Å². The van der Waals surface area contributed by atoms with E-state index < -0.39 is 0 Å². The molecule has 1 aromatic heterocycles. The summed E-state index contributed by atoms with van der Waals surface area (Å²) in [6.07, 6.45) is 2.03. The van der Waals surface area contributed by atoms with Gasteiger partial charge in [0, 0.05) is 25.3 Å². The van der Waals surface area contributed by atoms with Crippen LogP contribution in [0.2, 0.25) is 0 Å². The number of nitrogens with one attached hydrogen (secondary N) is 1. The van der Waals surface area contributed by atoms with E-state index in [1.807, 2.05) is 10.9 Å². The van der Waals surface area contributed by atoms with Crippen molar-refractivity contribution in [3.05, 3.63) is 53.3 Å². The summed E-state index contributed by atoms with van der Waals surface area (Å²) in [5.41, 5.74) is 3.71. The van der Waals surface area contributed by atoms with Crippen LogP contribution in [0.15, 0.2) is 36.5 Å². The molecule has 96 valence electrons. The molecule has 18 heavy (non-hydrogen) atoms. The number of aryl methyl sites for hydroxylation is 2. The van der Waals surface area contributed by atoms with Gasteiger partial charge < -0.3 is 5.32 Å². The largest absolute Gasteiger partial charge is 0.305 e. The summed E-state index contributed by atoms with van der Waals surface area (Å²) in [7, 11) is 0. The first-order chi connectivity index (χ1) is 8.69. The second-order valence-corrected chi connectivity index (χ2v) is 4.68. The van der Waals surface area contributed by atoms with Gasteiger partial charge in [-0.15, -0.1) is 0 Å². The maximum atomic E-state index is 4.51. The molecule has 3 nitrogen and oxygen atoms in total. The first-order valence-corrected chi connectivity index (χ1v) is 6.51. The molecule has 0 bridgehead atoms. The Labute approximate surface area is 109 Å². The smallest absolute Gasteiger partial charge is 0.0791 e. The zero-order valence-electron chi connectivity index (χ0n) is 11.4. The van der Waals surface area contributed by atoms with Gasteiger partial charge in [0.05, 0.1) is 5.69 Å². The van der Waals surface area contributed by atoms with Crippen LogP contribution < -0.4 is 5.32 Å². The first-order valence-electron chi connectivity index (χ1n) is 6.51. The Morgan fingerprint density at radius 2 is 1.94 bits per heavy atom. The van der Waals surface area contributed by atoms with Gasteiger partial charge in [-0.05, 0) is 32.4 Å². The third kappa shape index (κ3) is 3.20. The Bertz CT molecular complexity index is 485. The number of hydrogen-bond acceptors (Lipinski definition) is 2. The first kappa shape index (κ1) is 12.8. The van der Waals surface area contributed by atoms with Crippen LogP contribution in [0.4, 0.5) is 0 Å². The van der Waals surface area contributed by atoms with Crippen LogP contribution in [0, 0.1) is 6.92 Å². The molecule has 1 heterocycles. The van der Waals surface area contributed by atoms with E-state index in [-0.39, 0.29) is 6.04 Å². The summed E-state index contributed by atoms with van der Waals surface area (Å²) >= 11 is 0. The Hall–Kier alpha value is -1.61. The molecule has 0 aliphatic rings. The van der Waals surface area contributed by atoms with Gasteiger partial charge in [0.15, 0.2) is 0 Å². The molecule has 2 rings (SSSR count). The summed E-state index contributed by atoms with van der Waals surface area (Å²) in [5.74, 6) is 0. The molecule has 0 fully saturated rings. The highest BCUT2D eigenvalue weighted by atomic mass is 15.3.